The van der Waals surface area contributed by atoms with Gasteiger partial charge in [-0.05, 0) is 18.1 Å². The van der Waals surface area contributed by atoms with E-state index in [1.807, 2.05) is 71.5 Å². The standard InChI is InChI=1S/C23H23N3O3S/c27-22(24-21-13-14-30(28,29)17-21)12-11-20-16-26(15-18-7-3-1-4-8-18)25-23(20)19-9-5-2-6-10-19/h1-12,16,21H,13-15,17H2,(H,24,27). The Morgan fingerprint density at radius 1 is 1.10 bits per heavy atom. The van der Waals surface area contributed by atoms with Crippen LogP contribution in [-0.4, -0.2) is 41.7 Å². The van der Waals surface area contributed by atoms with Crippen LogP contribution in [0.15, 0.2) is 72.9 Å². The average molecular weight is 422 g/mol. The molecule has 0 saturated carbocycles. The summed E-state index contributed by atoms with van der Waals surface area (Å²) in [5.74, 6) is -0.157. The molecule has 0 radical (unpaired) electrons. The number of carbonyl (C=O) groups excluding carboxylic acids is 1. The number of amides is 1. The Labute approximate surface area is 176 Å². The van der Waals surface area contributed by atoms with Crippen LogP contribution in [0.5, 0.6) is 0 Å². The Kier molecular flexibility index (Phi) is 5.81. The van der Waals surface area contributed by atoms with Crippen LogP contribution in [0.3, 0.4) is 0 Å². The van der Waals surface area contributed by atoms with Gasteiger partial charge in [0, 0.05) is 29.4 Å². The molecule has 1 amide bonds. The molecule has 1 fully saturated rings. The first-order chi connectivity index (χ1) is 14.5. The van der Waals surface area contributed by atoms with Crippen LogP contribution in [0.2, 0.25) is 0 Å². The summed E-state index contributed by atoms with van der Waals surface area (Å²) in [6.45, 7) is 0.626. The predicted octanol–water partition coefficient (Wildman–Crippen LogP) is 2.91. The summed E-state index contributed by atoms with van der Waals surface area (Å²) in [5.41, 5.74) is 3.71. The largest absolute Gasteiger partial charge is 0.349 e. The van der Waals surface area contributed by atoms with E-state index < -0.39 is 9.84 Å². The van der Waals surface area contributed by atoms with Gasteiger partial charge < -0.3 is 5.32 Å². The highest BCUT2D eigenvalue weighted by molar-refractivity contribution is 7.91. The minimum atomic E-state index is -3.03. The summed E-state index contributed by atoms with van der Waals surface area (Å²) in [6.07, 6.45) is 5.56. The van der Waals surface area contributed by atoms with Crippen molar-refractivity contribution in [3.8, 4) is 11.3 Å². The predicted molar refractivity (Wildman–Crippen MR) is 117 cm³/mol. The lowest BCUT2D eigenvalue weighted by Gasteiger charge is -2.07. The fourth-order valence-corrected chi connectivity index (χ4v) is 5.23. The molecule has 7 heteroatoms. The zero-order valence-corrected chi connectivity index (χ0v) is 17.3. The molecule has 1 saturated heterocycles. The van der Waals surface area contributed by atoms with E-state index in [4.69, 9.17) is 5.10 Å². The van der Waals surface area contributed by atoms with Crippen LogP contribution in [-0.2, 0) is 21.2 Å². The number of hydrogen-bond acceptors (Lipinski definition) is 4. The monoisotopic (exact) mass is 421 g/mol. The summed E-state index contributed by atoms with van der Waals surface area (Å²) >= 11 is 0. The van der Waals surface area contributed by atoms with Crippen molar-refractivity contribution >= 4 is 21.8 Å². The lowest BCUT2D eigenvalue weighted by molar-refractivity contribution is -0.116. The quantitative estimate of drug-likeness (QED) is 0.621. The van der Waals surface area contributed by atoms with Crippen LogP contribution in [0.1, 0.15) is 17.5 Å². The molecule has 1 aromatic heterocycles. The van der Waals surface area contributed by atoms with Crippen molar-refractivity contribution < 1.29 is 13.2 Å². The highest BCUT2D eigenvalue weighted by atomic mass is 32.2. The number of carbonyl (C=O) groups is 1. The van der Waals surface area contributed by atoms with Gasteiger partial charge in [0.05, 0.1) is 23.7 Å². The van der Waals surface area contributed by atoms with Gasteiger partial charge in [-0.3, -0.25) is 9.48 Å². The molecule has 154 valence electrons. The number of rotatable bonds is 6. The number of hydrogen-bond donors (Lipinski definition) is 1. The van der Waals surface area contributed by atoms with Gasteiger partial charge in [-0.25, -0.2) is 8.42 Å². The van der Waals surface area contributed by atoms with Crippen molar-refractivity contribution in [2.75, 3.05) is 11.5 Å². The second-order valence-corrected chi connectivity index (χ2v) is 9.65. The molecular formula is C23H23N3O3S. The molecule has 1 N–H and O–H groups in total. The minimum absolute atomic E-state index is 0.0108. The van der Waals surface area contributed by atoms with Gasteiger partial charge in [-0.15, -0.1) is 0 Å². The van der Waals surface area contributed by atoms with Crippen molar-refractivity contribution in [1.29, 1.82) is 0 Å². The fourth-order valence-electron chi connectivity index (χ4n) is 3.55. The van der Waals surface area contributed by atoms with Crippen molar-refractivity contribution in [3.63, 3.8) is 0 Å². The van der Waals surface area contributed by atoms with E-state index in [1.54, 1.807) is 6.08 Å². The number of aromatic nitrogens is 2. The molecule has 3 aromatic rings. The van der Waals surface area contributed by atoms with Crippen molar-refractivity contribution in [1.82, 2.24) is 15.1 Å². The van der Waals surface area contributed by atoms with Crippen LogP contribution < -0.4 is 5.32 Å². The summed E-state index contributed by atoms with van der Waals surface area (Å²) in [7, 11) is -3.03. The van der Waals surface area contributed by atoms with Crippen LogP contribution in [0.4, 0.5) is 0 Å². The van der Waals surface area contributed by atoms with E-state index in [2.05, 4.69) is 5.32 Å². The lowest BCUT2D eigenvalue weighted by atomic mass is 10.1. The van der Waals surface area contributed by atoms with Gasteiger partial charge in [-0.2, -0.15) is 5.10 Å². The summed E-state index contributed by atoms with van der Waals surface area (Å²) < 4.78 is 25.0. The molecule has 1 unspecified atom stereocenters. The van der Waals surface area contributed by atoms with Gasteiger partial charge >= 0.3 is 0 Å². The third kappa shape index (κ3) is 5.04. The average Bonchev–Trinajstić information content (AvgIpc) is 3.30. The molecule has 30 heavy (non-hydrogen) atoms. The van der Waals surface area contributed by atoms with E-state index in [0.717, 1.165) is 22.4 Å². The van der Waals surface area contributed by atoms with Crippen LogP contribution in [0.25, 0.3) is 17.3 Å². The Bertz CT molecular complexity index is 1150. The molecule has 2 aromatic carbocycles. The van der Waals surface area contributed by atoms with Gasteiger partial charge in [0.25, 0.3) is 0 Å². The molecule has 1 atom stereocenters. The molecule has 1 aliphatic rings. The first-order valence-corrected chi connectivity index (χ1v) is 11.7. The van der Waals surface area contributed by atoms with E-state index in [-0.39, 0.29) is 23.5 Å². The number of nitrogens with zero attached hydrogens (tertiary/aromatic N) is 2. The van der Waals surface area contributed by atoms with Gasteiger partial charge in [0.15, 0.2) is 9.84 Å². The highest BCUT2D eigenvalue weighted by Gasteiger charge is 2.28. The number of nitrogens with one attached hydrogen (secondary N) is 1. The molecule has 0 spiro atoms. The lowest BCUT2D eigenvalue weighted by Crippen LogP contribution is -2.34. The van der Waals surface area contributed by atoms with Gasteiger partial charge in [-0.1, -0.05) is 60.7 Å². The normalized spacial score (nSPS) is 17.9. The first-order valence-electron chi connectivity index (χ1n) is 9.84. The molecule has 1 aliphatic heterocycles. The number of benzene rings is 2. The van der Waals surface area contributed by atoms with Gasteiger partial charge in [0.1, 0.15) is 0 Å². The smallest absolute Gasteiger partial charge is 0.244 e. The van der Waals surface area contributed by atoms with E-state index in [9.17, 15) is 13.2 Å². The Morgan fingerprint density at radius 3 is 2.47 bits per heavy atom. The molecule has 2 heterocycles. The maximum Gasteiger partial charge on any atom is 0.244 e. The van der Waals surface area contributed by atoms with Crippen LogP contribution in [0, 0.1) is 0 Å². The SMILES string of the molecule is O=C(C=Cc1cn(Cc2ccccc2)nc1-c1ccccc1)NC1CCS(=O)(=O)C1. The van der Waals surface area contributed by atoms with E-state index >= 15 is 0 Å². The van der Waals surface area contributed by atoms with E-state index in [0.29, 0.717) is 13.0 Å². The van der Waals surface area contributed by atoms with Crippen molar-refractivity contribution in [2.24, 2.45) is 0 Å². The van der Waals surface area contributed by atoms with Crippen LogP contribution >= 0.6 is 0 Å². The van der Waals surface area contributed by atoms with E-state index in [1.165, 1.54) is 6.08 Å². The first kappa shape index (κ1) is 20.1. The summed E-state index contributed by atoms with van der Waals surface area (Å²) in [6, 6.07) is 19.5. The third-order valence-electron chi connectivity index (χ3n) is 5.02. The zero-order chi connectivity index (χ0) is 21.0. The third-order valence-corrected chi connectivity index (χ3v) is 6.79. The van der Waals surface area contributed by atoms with Crippen molar-refractivity contribution in [3.05, 3.63) is 84.1 Å². The molecule has 0 bridgehead atoms. The Morgan fingerprint density at radius 2 is 1.80 bits per heavy atom. The molecule has 6 nitrogen and oxygen atoms in total. The molecule has 4 rings (SSSR count). The zero-order valence-electron chi connectivity index (χ0n) is 16.4. The summed E-state index contributed by atoms with van der Waals surface area (Å²) in [4.78, 5) is 12.3. The maximum absolute atomic E-state index is 12.3. The summed E-state index contributed by atoms with van der Waals surface area (Å²) in [5, 5.41) is 7.51. The second kappa shape index (κ2) is 8.67. The van der Waals surface area contributed by atoms with Gasteiger partial charge in [0.2, 0.25) is 5.91 Å². The minimum Gasteiger partial charge on any atom is -0.349 e. The maximum atomic E-state index is 12.3. The Balaban J connectivity index is 1.54. The Hall–Kier alpha value is -3.19. The molecular weight excluding hydrogens is 398 g/mol. The molecule has 0 aliphatic carbocycles. The fraction of sp³-hybridized carbons (Fsp3) is 0.217. The topological polar surface area (TPSA) is 81.1 Å². The second-order valence-electron chi connectivity index (χ2n) is 7.42. The highest BCUT2D eigenvalue weighted by Crippen LogP contribution is 2.23. The van der Waals surface area contributed by atoms with Crippen molar-refractivity contribution in [2.45, 2.75) is 19.0 Å². The number of sulfone groups is 1.